The molecule has 0 amide bonds. The highest BCUT2D eigenvalue weighted by Crippen LogP contribution is 2.41. The van der Waals surface area contributed by atoms with Crippen LogP contribution in [0.1, 0.15) is 5.56 Å². The predicted octanol–water partition coefficient (Wildman–Crippen LogP) is 0.0632. The van der Waals surface area contributed by atoms with Crippen LogP contribution in [0.5, 0.6) is 0 Å². The molecule has 4 atom stereocenters. The van der Waals surface area contributed by atoms with Crippen LogP contribution in [-0.4, -0.2) is 80.6 Å². The van der Waals surface area contributed by atoms with E-state index in [2.05, 4.69) is 0 Å². The summed E-state index contributed by atoms with van der Waals surface area (Å²) in [4.78, 5) is 24.8. The number of rotatable bonds is 9. The van der Waals surface area contributed by atoms with Gasteiger partial charge >= 0.3 is 11.9 Å². The molecule has 0 aliphatic carbocycles. The third-order valence-corrected chi connectivity index (χ3v) is 7.88. The summed E-state index contributed by atoms with van der Waals surface area (Å²) in [7, 11) is -4.99. The zero-order chi connectivity index (χ0) is 24.3. The third kappa shape index (κ3) is 5.64. The largest absolute Gasteiger partial charge is 0.468 e. The van der Waals surface area contributed by atoms with Crippen LogP contribution in [0.4, 0.5) is 0 Å². The summed E-state index contributed by atoms with van der Waals surface area (Å²) in [5, 5.41) is -1.60. The Labute approximate surface area is 187 Å². The number of methoxy groups -OCH3 is 3. The molecule has 0 radical (unpaired) electrons. The van der Waals surface area contributed by atoms with E-state index < -0.39 is 68.0 Å². The Bertz CT molecular complexity index is 1020. The van der Waals surface area contributed by atoms with Crippen LogP contribution in [0.25, 0.3) is 0 Å². The van der Waals surface area contributed by atoms with Gasteiger partial charge in [-0.15, -0.1) is 0 Å². The number of carbonyl (C=O) groups is 2. The first-order chi connectivity index (χ1) is 14.9. The number of esters is 2. The first-order valence-corrected chi connectivity index (χ1v) is 12.7. The number of benzene rings is 1. The van der Waals surface area contributed by atoms with Crippen molar-refractivity contribution in [2.75, 3.05) is 34.2 Å². The number of hydrogen-bond acceptors (Lipinski definition) is 11. The normalized spacial score (nSPS) is 23.8. The minimum Gasteiger partial charge on any atom is -0.468 e. The zero-order valence-corrected chi connectivity index (χ0v) is 19.8. The first kappa shape index (κ1) is 26.2. The maximum Gasteiger partial charge on any atom is 0.320 e. The van der Waals surface area contributed by atoms with Crippen molar-refractivity contribution in [1.82, 2.24) is 0 Å². The van der Waals surface area contributed by atoms with Crippen molar-refractivity contribution in [1.29, 1.82) is 0 Å². The highest BCUT2D eigenvalue weighted by Gasteiger charge is 2.59. The fraction of sp³-hybridized carbons (Fsp3) is 0.579. The highest BCUT2D eigenvalue weighted by molar-refractivity contribution is 7.92. The minimum atomic E-state index is -4.29. The van der Waals surface area contributed by atoms with E-state index in [0.717, 1.165) is 26.0 Å². The maximum absolute atomic E-state index is 13.6. The molecule has 0 bridgehead atoms. The molecule has 1 heterocycles. The molecule has 1 aliphatic heterocycles. The van der Waals surface area contributed by atoms with Crippen LogP contribution in [0.2, 0.25) is 0 Å². The van der Waals surface area contributed by atoms with Crippen molar-refractivity contribution in [2.24, 2.45) is 11.8 Å². The third-order valence-electron chi connectivity index (χ3n) is 5.05. The Morgan fingerprint density at radius 3 is 1.97 bits per heavy atom. The monoisotopic (exact) mass is 494 g/mol. The van der Waals surface area contributed by atoms with Crippen molar-refractivity contribution < 1.29 is 49.6 Å². The van der Waals surface area contributed by atoms with E-state index in [4.69, 9.17) is 23.1 Å². The van der Waals surface area contributed by atoms with Crippen molar-refractivity contribution in [3.63, 3.8) is 0 Å². The molecule has 32 heavy (non-hydrogen) atoms. The second kappa shape index (κ2) is 10.3. The number of ether oxygens (including phenoxy) is 4. The van der Waals surface area contributed by atoms with Gasteiger partial charge in [-0.3, -0.25) is 13.8 Å². The van der Waals surface area contributed by atoms with Crippen LogP contribution in [-0.2, 0) is 52.7 Å². The second-order valence-electron chi connectivity index (χ2n) is 7.19. The van der Waals surface area contributed by atoms with Gasteiger partial charge in [0.1, 0.15) is 11.4 Å². The summed E-state index contributed by atoms with van der Waals surface area (Å²) in [5.41, 5.74) is 0.803. The second-order valence-corrected chi connectivity index (χ2v) is 10.9. The summed E-state index contributed by atoms with van der Waals surface area (Å²) in [6, 6.07) is 5.88. The lowest BCUT2D eigenvalue weighted by molar-refractivity contribution is -0.174. The summed E-state index contributed by atoms with van der Waals surface area (Å²) < 4.78 is 75.3. The van der Waals surface area contributed by atoms with Gasteiger partial charge in [-0.25, -0.2) is 8.42 Å². The van der Waals surface area contributed by atoms with Gasteiger partial charge in [-0.2, -0.15) is 8.42 Å². The van der Waals surface area contributed by atoms with Gasteiger partial charge < -0.3 is 18.9 Å². The van der Waals surface area contributed by atoms with E-state index in [1.54, 1.807) is 19.1 Å². The summed E-state index contributed by atoms with van der Waals surface area (Å²) >= 11 is 0. The molecule has 0 saturated carbocycles. The Hall–Kier alpha value is -2.06. The Morgan fingerprint density at radius 2 is 1.53 bits per heavy atom. The van der Waals surface area contributed by atoms with Gasteiger partial charge in [0.25, 0.3) is 10.1 Å². The van der Waals surface area contributed by atoms with Crippen LogP contribution in [0.15, 0.2) is 29.2 Å². The van der Waals surface area contributed by atoms with Crippen LogP contribution >= 0.6 is 0 Å². The van der Waals surface area contributed by atoms with Gasteiger partial charge in [0, 0.05) is 7.11 Å². The van der Waals surface area contributed by atoms with Crippen molar-refractivity contribution in [3.8, 4) is 0 Å². The molecule has 1 aromatic rings. The molecule has 2 rings (SSSR count). The van der Waals surface area contributed by atoms with E-state index >= 15 is 0 Å². The fourth-order valence-corrected chi connectivity index (χ4v) is 6.04. The van der Waals surface area contributed by atoms with E-state index in [1.807, 2.05) is 0 Å². The molecule has 1 aromatic carbocycles. The Morgan fingerprint density at radius 1 is 1.00 bits per heavy atom. The Balaban J connectivity index is 2.66. The average molecular weight is 495 g/mol. The molecular weight excluding hydrogens is 468 g/mol. The summed E-state index contributed by atoms with van der Waals surface area (Å²) in [6.07, 6.45) is -1.97. The van der Waals surface area contributed by atoms with Crippen molar-refractivity contribution in [2.45, 2.75) is 29.5 Å². The van der Waals surface area contributed by atoms with Gasteiger partial charge in [0.2, 0.25) is 0 Å². The molecule has 0 unspecified atom stereocenters. The summed E-state index contributed by atoms with van der Waals surface area (Å²) in [6.45, 7) is 1.09. The number of hydrogen-bond donors (Lipinski definition) is 0. The van der Waals surface area contributed by atoms with E-state index in [1.165, 1.54) is 19.2 Å². The fourth-order valence-electron chi connectivity index (χ4n) is 3.58. The van der Waals surface area contributed by atoms with E-state index in [-0.39, 0.29) is 4.90 Å². The minimum absolute atomic E-state index is 0.115. The van der Waals surface area contributed by atoms with E-state index in [0.29, 0.717) is 0 Å². The molecule has 1 fully saturated rings. The van der Waals surface area contributed by atoms with Crippen LogP contribution in [0.3, 0.4) is 0 Å². The quantitative estimate of drug-likeness (QED) is 0.261. The number of sulfone groups is 1. The van der Waals surface area contributed by atoms with Crippen molar-refractivity contribution in [3.05, 3.63) is 29.8 Å². The Kier molecular flexibility index (Phi) is 8.39. The van der Waals surface area contributed by atoms with Gasteiger partial charge in [-0.05, 0) is 19.1 Å². The van der Waals surface area contributed by atoms with Crippen LogP contribution < -0.4 is 0 Å². The van der Waals surface area contributed by atoms with Gasteiger partial charge in [0.15, 0.2) is 22.0 Å². The molecule has 180 valence electrons. The topological polar surface area (TPSA) is 149 Å². The SMILES string of the molecule is COC(=O)C(C(=O)OC)[C@@H]1[C@@H](OC)O[C@H](COS(C)(=O)=O)[C@H]1S(=O)(=O)c1ccc(C)cc1. The van der Waals surface area contributed by atoms with Crippen molar-refractivity contribution >= 4 is 31.9 Å². The lowest BCUT2D eigenvalue weighted by Gasteiger charge is -2.27. The lowest BCUT2D eigenvalue weighted by Crippen LogP contribution is -2.47. The molecule has 0 N–H and O–H groups in total. The van der Waals surface area contributed by atoms with Gasteiger partial charge in [0.05, 0.1) is 37.9 Å². The maximum atomic E-state index is 13.6. The molecule has 0 aromatic heterocycles. The molecule has 13 heteroatoms. The number of carbonyl (C=O) groups excluding carboxylic acids is 2. The standard InChI is InChI=1S/C19H26O11S2/c1-11-6-8-12(9-7-11)32(24,25)16-13(10-29-31(5,22)23)30-19(28-4)14(16)15(17(20)26-2)18(21)27-3/h6-9,13-16,19H,10H2,1-5H3/t13-,14+,16-,19+/m1/s1. The molecule has 1 saturated heterocycles. The zero-order valence-electron chi connectivity index (χ0n) is 18.2. The number of aryl methyl sites for hydroxylation is 1. The summed E-state index contributed by atoms with van der Waals surface area (Å²) in [5.74, 6) is -5.25. The first-order valence-electron chi connectivity index (χ1n) is 9.36. The predicted molar refractivity (Wildman–Crippen MR) is 110 cm³/mol. The molecular formula is C19H26O11S2. The molecule has 11 nitrogen and oxygen atoms in total. The average Bonchev–Trinajstić information content (AvgIpc) is 3.11. The highest BCUT2D eigenvalue weighted by atomic mass is 32.2. The van der Waals surface area contributed by atoms with Crippen LogP contribution in [0, 0.1) is 18.8 Å². The van der Waals surface area contributed by atoms with Gasteiger partial charge in [-0.1, -0.05) is 17.7 Å². The molecule has 0 spiro atoms. The van der Waals surface area contributed by atoms with E-state index in [9.17, 15) is 26.4 Å². The lowest BCUT2D eigenvalue weighted by atomic mass is 9.88. The smallest absolute Gasteiger partial charge is 0.320 e. The molecule has 1 aliphatic rings.